The highest BCUT2D eigenvalue weighted by Gasteiger charge is 2.28. The molecule has 1 aromatic carbocycles. The van der Waals surface area contributed by atoms with E-state index in [4.69, 9.17) is 27.9 Å². The van der Waals surface area contributed by atoms with Gasteiger partial charge in [-0.3, -0.25) is 14.5 Å². The monoisotopic (exact) mass is 415 g/mol. The lowest BCUT2D eigenvalue weighted by Crippen LogP contribution is -2.45. The fourth-order valence-electron chi connectivity index (χ4n) is 3.12. The second kappa shape index (κ2) is 9.39. The molecule has 1 atom stereocenters. The summed E-state index contributed by atoms with van der Waals surface area (Å²) in [4.78, 5) is 40.1. The number of likely N-dealkylation sites (tertiary alicyclic amines) is 1. The van der Waals surface area contributed by atoms with E-state index in [1.165, 1.54) is 19.2 Å². The first-order valence-corrected chi connectivity index (χ1v) is 9.29. The van der Waals surface area contributed by atoms with Crippen LogP contribution in [0.15, 0.2) is 12.1 Å². The Morgan fingerprint density at radius 2 is 2.00 bits per heavy atom. The summed E-state index contributed by atoms with van der Waals surface area (Å²) in [5.41, 5.74) is 0.249. The predicted molar refractivity (Wildman–Crippen MR) is 104 cm³/mol. The minimum atomic E-state index is -0.649. The number of methoxy groups -OCH3 is 1. The van der Waals surface area contributed by atoms with E-state index in [0.29, 0.717) is 6.54 Å². The normalized spacial score (nSPS) is 17.3. The van der Waals surface area contributed by atoms with Crippen molar-refractivity contribution in [2.75, 3.05) is 46.2 Å². The highest BCUT2D eigenvalue weighted by molar-refractivity contribution is 6.37. The van der Waals surface area contributed by atoms with Gasteiger partial charge >= 0.3 is 5.97 Å². The zero-order chi connectivity index (χ0) is 20.1. The van der Waals surface area contributed by atoms with Gasteiger partial charge < -0.3 is 15.0 Å². The lowest BCUT2D eigenvalue weighted by molar-refractivity contribution is -0.135. The molecule has 1 saturated heterocycles. The van der Waals surface area contributed by atoms with Gasteiger partial charge in [0.1, 0.15) is 0 Å². The van der Waals surface area contributed by atoms with Crippen molar-refractivity contribution in [2.24, 2.45) is 5.92 Å². The maximum absolute atomic E-state index is 12.5. The summed E-state index contributed by atoms with van der Waals surface area (Å²) in [5, 5.41) is 3.08. The Balaban J connectivity index is 2.08. The van der Waals surface area contributed by atoms with Crippen LogP contribution in [-0.4, -0.2) is 68.4 Å². The Kier molecular flexibility index (Phi) is 7.47. The molecule has 2 rings (SSSR count). The fraction of sp³-hybridized carbons (Fsp3) is 0.500. The van der Waals surface area contributed by atoms with Gasteiger partial charge in [-0.05, 0) is 31.5 Å². The topological polar surface area (TPSA) is 79.0 Å². The van der Waals surface area contributed by atoms with E-state index in [0.717, 1.165) is 19.4 Å². The van der Waals surface area contributed by atoms with Crippen molar-refractivity contribution in [3.63, 3.8) is 0 Å². The summed E-state index contributed by atoms with van der Waals surface area (Å²) in [5.74, 6) is -1.04. The largest absolute Gasteiger partial charge is 0.465 e. The highest BCUT2D eigenvalue weighted by Crippen LogP contribution is 2.31. The van der Waals surface area contributed by atoms with Gasteiger partial charge in [0.2, 0.25) is 11.8 Å². The highest BCUT2D eigenvalue weighted by atomic mass is 35.5. The first kappa shape index (κ1) is 21.5. The zero-order valence-electron chi connectivity index (χ0n) is 15.6. The molecule has 1 aliphatic rings. The van der Waals surface area contributed by atoms with Crippen molar-refractivity contribution in [3.05, 3.63) is 27.7 Å². The number of esters is 1. The second-order valence-corrected chi connectivity index (χ2v) is 7.50. The van der Waals surface area contributed by atoms with Crippen LogP contribution in [0.4, 0.5) is 5.69 Å². The zero-order valence-corrected chi connectivity index (χ0v) is 17.1. The third-order valence-corrected chi connectivity index (χ3v) is 4.90. The van der Waals surface area contributed by atoms with Gasteiger partial charge in [-0.1, -0.05) is 23.2 Å². The van der Waals surface area contributed by atoms with Crippen molar-refractivity contribution in [3.8, 4) is 0 Å². The van der Waals surface area contributed by atoms with E-state index in [-0.39, 0.29) is 45.6 Å². The molecule has 27 heavy (non-hydrogen) atoms. The minimum Gasteiger partial charge on any atom is -0.465 e. The third kappa shape index (κ3) is 5.57. The molecule has 2 amide bonds. The van der Waals surface area contributed by atoms with Crippen LogP contribution in [0, 0.1) is 5.92 Å². The van der Waals surface area contributed by atoms with Crippen LogP contribution in [0.3, 0.4) is 0 Å². The summed E-state index contributed by atoms with van der Waals surface area (Å²) in [6.07, 6.45) is 1.65. The van der Waals surface area contributed by atoms with Crippen molar-refractivity contribution in [2.45, 2.75) is 12.8 Å². The number of ether oxygens (including phenoxy) is 1. The summed E-state index contributed by atoms with van der Waals surface area (Å²) in [7, 11) is 4.69. The number of anilines is 1. The molecule has 1 N–H and O–H groups in total. The van der Waals surface area contributed by atoms with Crippen molar-refractivity contribution in [1.29, 1.82) is 0 Å². The van der Waals surface area contributed by atoms with E-state index in [1.54, 1.807) is 19.0 Å². The number of hydrogen-bond donors (Lipinski definition) is 1. The Hall–Kier alpha value is -1.83. The Morgan fingerprint density at radius 1 is 1.30 bits per heavy atom. The number of carbonyl (C=O) groups is 3. The number of benzene rings is 1. The van der Waals surface area contributed by atoms with E-state index in [9.17, 15) is 14.4 Å². The van der Waals surface area contributed by atoms with Crippen LogP contribution in [-0.2, 0) is 14.3 Å². The van der Waals surface area contributed by atoms with Gasteiger partial charge in [0.25, 0.3) is 0 Å². The second-order valence-electron chi connectivity index (χ2n) is 6.66. The molecule has 0 aliphatic carbocycles. The number of nitrogens with one attached hydrogen (secondary N) is 1. The number of piperidine rings is 1. The van der Waals surface area contributed by atoms with Gasteiger partial charge in [0, 0.05) is 25.7 Å². The van der Waals surface area contributed by atoms with Gasteiger partial charge in [-0.2, -0.15) is 0 Å². The molecule has 9 heteroatoms. The van der Waals surface area contributed by atoms with Crippen LogP contribution >= 0.6 is 23.2 Å². The summed E-state index contributed by atoms with van der Waals surface area (Å²) >= 11 is 12.1. The third-order valence-electron chi connectivity index (χ3n) is 4.39. The van der Waals surface area contributed by atoms with Crippen molar-refractivity contribution in [1.82, 2.24) is 9.80 Å². The molecule has 148 valence electrons. The number of amides is 2. The molecule has 1 aromatic rings. The van der Waals surface area contributed by atoms with Crippen molar-refractivity contribution >= 4 is 46.7 Å². The molecule has 0 aromatic heterocycles. The molecule has 7 nitrogen and oxygen atoms in total. The summed E-state index contributed by atoms with van der Waals surface area (Å²) in [6, 6.07) is 2.83. The van der Waals surface area contributed by atoms with Gasteiger partial charge in [-0.15, -0.1) is 0 Å². The van der Waals surface area contributed by atoms with E-state index in [1.807, 2.05) is 4.90 Å². The standard InChI is InChI=1S/C18H23Cl2N3O4/c1-22(2)17(25)11-5-4-6-23(9-11)10-15(24)21-16-13(18(26)27-3)7-12(19)8-14(16)20/h7-8,11H,4-6,9-10H2,1-3H3,(H,21,24). The maximum atomic E-state index is 12.5. The van der Waals surface area contributed by atoms with Crippen LogP contribution in [0.2, 0.25) is 10.0 Å². The maximum Gasteiger partial charge on any atom is 0.340 e. The molecule has 0 radical (unpaired) electrons. The molecular weight excluding hydrogens is 393 g/mol. The summed E-state index contributed by atoms with van der Waals surface area (Å²) in [6.45, 7) is 1.34. The molecule has 1 aliphatic heterocycles. The Bertz CT molecular complexity index is 740. The van der Waals surface area contributed by atoms with Crippen LogP contribution in [0.1, 0.15) is 23.2 Å². The first-order chi connectivity index (χ1) is 12.7. The predicted octanol–water partition coefficient (Wildman–Crippen LogP) is 2.52. The smallest absolute Gasteiger partial charge is 0.340 e. The fourth-order valence-corrected chi connectivity index (χ4v) is 3.66. The number of halogens is 2. The first-order valence-electron chi connectivity index (χ1n) is 8.53. The lowest BCUT2D eigenvalue weighted by atomic mass is 9.97. The minimum absolute atomic E-state index is 0.0637. The van der Waals surface area contributed by atoms with Crippen LogP contribution in [0.25, 0.3) is 0 Å². The Morgan fingerprint density at radius 3 is 2.63 bits per heavy atom. The van der Waals surface area contributed by atoms with E-state index >= 15 is 0 Å². The quantitative estimate of drug-likeness (QED) is 0.747. The summed E-state index contributed by atoms with van der Waals surface area (Å²) < 4.78 is 4.72. The SMILES string of the molecule is COC(=O)c1cc(Cl)cc(Cl)c1NC(=O)CN1CCCC(C(=O)N(C)C)C1. The average Bonchev–Trinajstić information content (AvgIpc) is 2.62. The molecule has 0 saturated carbocycles. The molecule has 1 fully saturated rings. The molecule has 1 unspecified atom stereocenters. The molecule has 1 heterocycles. The van der Waals surface area contributed by atoms with Crippen molar-refractivity contribution < 1.29 is 19.1 Å². The molecular formula is C18H23Cl2N3O4. The Labute approximate surface area is 168 Å². The molecule has 0 bridgehead atoms. The lowest BCUT2D eigenvalue weighted by Gasteiger charge is -2.32. The van der Waals surface area contributed by atoms with Gasteiger partial charge in [0.15, 0.2) is 0 Å². The van der Waals surface area contributed by atoms with Gasteiger partial charge in [-0.25, -0.2) is 4.79 Å². The number of hydrogen-bond acceptors (Lipinski definition) is 5. The van der Waals surface area contributed by atoms with Crippen LogP contribution in [0.5, 0.6) is 0 Å². The molecule has 0 spiro atoms. The average molecular weight is 416 g/mol. The van der Waals surface area contributed by atoms with Crippen LogP contribution < -0.4 is 5.32 Å². The number of nitrogens with zero attached hydrogens (tertiary/aromatic N) is 2. The van der Waals surface area contributed by atoms with E-state index in [2.05, 4.69) is 5.32 Å². The van der Waals surface area contributed by atoms with E-state index < -0.39 is 5.97 Å². The number of rotatable bonds is 5. The van der Waals surface area contributed by atoms with Gasteiger partial charge in [0.05, 0.1) is 35.8 Å². The number of carbonyl (C=O) groups excluding carboxylic acids is 3.